The maximum atomic E-state index is 12.4. The zero-order valence-electron chi connectivity index (χ0n) is 14.6. The summed E-state index contributed by atoms with van der Waals surface area (Å²) < 4.78 is 0. The van der Waals surface area contributed by atoms with Gasteiger partial charge in [0.05, 0.1) is 4.88 Å². The third-order valence-corrected chi connectivity index (χ3v) is 6.00. The van der Waals surface area contributed by atoms with Gasteiger partial charge in [0.1, 0.15) is 0 Å². The van der Waals surface area contributed by atoms with E-state index < -0.39 is 0 Å². The second kappa shape index (κ2) is 7.95. The van der Waals surface area contributed by atoms with Crippen LogP contribution in [-0.4, -0.2) is 37.0 Å². The van der Waals surface area contributed by atoms with Gasteiger partial charge < -0.3 is 10.2 Å². The Labute approximate surface area is 148 Å². The quantitative estimate of drug-likeness (QED) is 0.772. The molecule has 1 aromatic carbocycles. The van der Waals surface area contributed by atoms with Crippen LogP contribution in [0.3, 0.4) is 0 Å². The van der Waals surface area contributed by atoms with Gasteiger partial charge in [-0.05, 0) is 61.7 Å². The van der Waals surface area contributed by atoms with Crippen molar-refractivity contribution in [1.82, 2.24) is 10.2 Å². The first-order valence-electron chi connectivity index (χ1n) is 8.94. The largest absolute Gasteiger partial charge is 0.351 e. The van der Waals surface area contributed by atoms with Crippen molar-refractivity contribution >= 4 is 17.2 Å². The van der Waals surface area contributed by atoms with Crippen LogP contribution in [0.5, 0.6) is 0 Å². The van der Waals surface area contributed by atoms with Crippen LogP contribution in [0.2, 0.25) is 0 Å². The van der Waals surface area contributed by atoms with Crippen LogP contribution in [0, 0.1) is 0 Å². The molecule has 0 aliphatic heterocycles. The number of benzene rings is 1. The summed E-state index contributed by atoms with van der Waals surface area (Å²) >= 11 is 1.64. The van der Waals surface area contributed by atoms with Gasteiger partial charge in [0, 0.05) is 11.4 Å². The molecular weight excluding hydrogens is 316 g/mol. The number of aryl methyl sites for hydroxylation is 2. The number of amides is 1. The molecule has 0 saturated carbocycles. The van der Waals surface area contributed by atoms with Crippen LogP contribution >= 0.6 is 11.3 Å². The standard InChI is InChI=1S/C20H26N2OS/c1-3-22(4-2)13-7-12-21-20(23)18-14-16-11-10-15-8-5-6-9-17(15)19(16)24-18/h5-6,8-9,14H,3-4,7,10-13H2,1-2H3,(H,21,23). The lowest BCUT2D eigenvalue weighted by molar-refractivity contribution is 0.0956. The van der Waals surface area contributed by atoms with Crippen molar-refractivity contribution in [2.75, 3.05) is 26.2 Å². The van der Waals surface area contributed by atoms with Gasteiger partial charge in [0.2, 0.25) is 0 Å². The van der Waals surface area contributed by atoms with E-state index in [2.05, 4.69) is 54.4 Å². The molecule has 24 heavy (non-hydrogen) atoms. The number of nitrogens with zero attached hydrogens (tertiary/aromatic N) is 1. The summed E-state index contributed by atoms with van der Waals surface area (Å²) in [5.41, 5.74) is 4.04. The van der Waals surface area contributed by atoms with E-state index in [4.69, 9.17) is 0 Å². The molecule has 0 radical (unpaired) electrons. The fourth-order valence-corrected chi connectivity index (χ4v) is 4.50. The van der Waals surface area contributed by atoms with Crippen molar-refractivity contribution in [2.45, 2.75) is 33.1 Å². The lowest BCUT2D eigenvalue weighted by Gasteiger charge is -2.17. The Balaban J connectivity index is 1.61. The minimum atomic E-state index is 0.0754. The van der Waals surface area contributed by atoms with Crippen molar-refractivity contribution in [1.29, 1.82) is 0 Å². The third kappa shape index (κ3) is 3.70. The average molecular weight is 343 g/mol. The lowest BCUT2D eigenvalue weighted by atomic mass is 9.91. The summed E-state index contributed by atoms with van der Waals surface area (Å²) in [6.07, 6.45) is 3.12. The third-order valence-electron chi connectivity index (χ3n) is 4.79. The zero-order chi connectivity index (χ0) is 16.9. The molecule has 1 amide bonds. The van der Waals surface area contributed by atoms with Crippen LogP contribution in [0.15, 0.2) is 30.3 Å². The summed E-state index contributed by atoms with van der Waals surface area (Å²) in [6, 6.07) is 10.7. The van der Waals surface area contributed by atoms with Gasteiger partial charge in [0.25, 0.3) is 5.91 Å². The molecule has 0 unspecified atom stereocenters. The van der Waals surface area contributed by atoms with E-state index >= 15 is 0 Å². The molecule has 3 rings (SSSR count). The SMILES string of the molecule is CCN(CC)CCCNC(=O)c1cc2c(s1)-c1ccccc1CC2. The van der Waals surface area contributed by atoms with Crippen LogP contribution < -0.4 is 5.32 Å². The number of thiophene rings is 1. The van der Waals surface area contributed by atoms with E-state index in [1.807, 2.05) is 0 Å². The molecule has 1 aromatic heterocycles. The zero-order valence-corrected chi connectivity index (χ0v) is 15.4. The van der Waals surface area contributed by atoms with Gasteiger partial charge >= 0.3 is 0 Å². The Morgan fingerprint density at radius 1 is 1.17 bits per heavy atom. The molecule has 1 aliphatic carbocycles. The Morgan fingerprint density at radius 3 is 2.71 bits per heavy atom. The van der Waals surface area contributed by atoms with Crippen LogP contribution in [0.1, 0.15) is 41.1 Å². The molecule has 0 saturated heterocycles. The summed E-state index contributed by atoms with van der Waals surface area (Å²) in [7, 11) is 0. The van der Waals surface area contributed by atoms with Crippen molar-refractivity contribution in [3.63, 3.8) is 0 Å². The fraction of sp³-hybridized carbons (Fsp3) is 0.450. The predicted octanol–water partition coefficient (Wildman–Crippen LogP) is 3.98. The van der Waals surface area contributed by atoms with Crippen molar-refractivity contribution in [3.8, 4) is 10.4 Å². The Kier molecular flexibility index (Phi) is 5.69. The number of carbonyl (C=O) groups excluding carboxylic acids is 1. The van der Waals surface area contributed by atoms with E-state index in [0.29, 0.717) is 0 Å². The van der Waals surface area contributed by atoms with Crippen molar-refractivity contribution < 1.29 is 4.79 Å². The monoisotopic (exact) mass is 342 g/mol. The van der Waals surface area contributed by atoms with Crippen LogP contribution in [-0.2, 0) is 12.8 Å². The molecule has 4 heteroatoms. The second-order valence-electron chi connectivity index (χ2n) is 6.26. The summed E-state index contributed by atoms with van der Waals surface area (Å²) in [5.74, 6) is 0.0754. The first-order chi connectivity index (χ1) is 11.7. The first kappa shape index (κ1) is 17.2. The number of rotatable bonds is 7. The Morgan fingerprint density at radius 2 is 1.92 bits per heavy atom. The highest BCUT2D eigenvalue weighted by atomic mass is 32.1. The van der Waals surface area contributed by atoms with Crippen LogP contribution in [0.4, 0.5) is 0 Å². The molecule has 2 aromatic rings. The number of hydrogen-bond donors (Lipinski definition) is 1. The fourth-order valence-electron chi connectivity index (χ4n) is 3.32. The molecule has 1 heterocycles. The number of hydrogen-bond acceptors (Lipinski definition) is 3. The highest BCUT2D eigenvalue weighted by Crippen LogP contribution is 2.39. The molecule has 0 bridgehead atoms. The topological polar surface area (TPSA) is 32.3 Å². The summed E-state index contributed by atoms with van der Waals surface area (Å²) in [5, 5.41) is 3.08. The predicted molar refractivity (Wildman–Crippen MR) is 102 cm³/mol. The van der Waals surface area contributed by atoms with Gasteiger partial charge in [-0.25, -0.2) is 0 Å². The van der Waals surface area contributed by atoms with E-state index in [-0.39, 0.29) is 5.91 Å². The van der Waals surface area contributed by atoms with E-state index in [1.54, 1.807) is 11.3 Å². The van der Waals surface area contributed by atoms with Gasteiger partial charge in [0.15, 0.2) is 0 Å². The van der Waals surface area contributed by atoms with Gasteiger partial charge in [-0.3, -0.25) is 4.79 Å². The minimum absolute atomic E-state index is 0.0754. The Bertz CT molecular complexity index is 703. The molecular formula is C20H26N2OS. The summed E-state index contributed by atoms with van der Waals surface area (Å²) in [4.78, 5) is 17.0. The lowest BCUT2D eigenvalue weighted by Crippen LogP contribution is -2.29. The maximum Gasteiger partial charge on any atom is 0.261 e. The molecule has 0 atom stereocenters. The second-order valence-corrected chi connectivity index (χ2v) is 7.31. The van der Waals surface area contributed by atoms with Gasteiger partial charge in [-0.15, -0.1) is 11.3 Å². The highest BCUT2D eigenvalue weighted by molar-refractivity contribution is 7.17. The number of fused-ring (bicyclic) bond motifs is 3. The normalized spacial score (nSPS) is 12.8. The van der Waals surface area contributed by atoms with Crippen molar-refractivity contribution in [3.05, 3.63) is 46.3 Å². The van der Waals surface area contributed by atoms with E-state index in [0.717, 1.165) is 50.3 Å². The molecule has 0 fully saturated rings. The molecule has 1 aliphatic rings. The summed E-state index contributed by atoms with van der Waals surface area (Å²) in [6.45, 7) is 8.28. The molecule has 1 N–H and O–H groups in total. The average Bonchev–Trinajstić information content (AvgIpc) is 3.06. The smallest absolute Gasteiger partial charge is 0.261 e. The minimum Gasteiger partial charge on any atom is -0.351 e. The molecule has 0 spiro atoms. The first-order valence-corrected chi connectivity index (χ1v) is 9.76. The molecule has 128 valence electrons. The van der Waals surface area contributed by atoms with Crippen LogP contribution in [0.25, 0.3) is 10.4 Å². The van der Waals surface area contributed by atoms with Gasteiger partial charge in [-0.2, -0.15) is 0 Å². The van der Waals surface area contributed by atoms with E-state index in [1.165, 1.54) is 21.6 Å². The Hall–Kier alpha value is -1.65. The van der Waals surface area contributed by atoms with E-state index in [9.17, 15) is 4.79 Å². The number of carbonyl (C=O) groups is 1. The number of nitrogens with one attached hydrogen (secondary N) is 1. The molecule has 3 nitrogen and oxygen atoms in total. The highest BCUT2D eigenvalue weighted by Gasteiger charge is 2.21. The maximum absolute atomic E-state index is 12.4. The van der Waals surface area contributed by atoms with Gasteiger partial charge in [-0.1, -0.05) is 38.1 Å². The van der Waals surface area contributed by atoms with Crippen molar-refractivity contribution in [2.24, 2.45) is 0 Å².